The van der Waals surface area contributed by atoms with Gasteiger partial charge >= 0.3 is 17.4 Å². The molecule has 1 aromatic carbocycles. The number of esters is 1. The van der Waals surface area contributed by atoms with Gasteiger partial charge < -0.3 is 15.0 Å². The van der Waals surface area contributed by atoms with E-state index in [9.17, 15) is 19.7 Å². The van der Waals surface area contributed by atoms with Crippen LogP contribution in [0.2, 0.25) is 0 Å². The number of primary amides is 1. The van der Waals surface area contributed by atoms with Crippen LogP contribution in [0.25, 0.3) is 11.3 Å². The number of carbonyl (C=O) groups excluding carboxylic acids is 2. The van der Waals surface area contributed by atoms with Crippen LogP contribution in [0.1, 0.15) is 49.1 Å². The normalized spacial score (nSPS) is 16.3. The van der Waals surface area contributed by atoms with Crippen molar-refractivity contribution >= 4 is 17.6 Å². The Labute approximate surface area is 154 Å². The van der Waals surface area contributed by atoms with Crippen molar-refractivity contribution in [3.05, 3.63) is 46.2 Å². The summed E-state index contributed by atoms with van der Waals surface area (Å²) in [5.41, 5.74) is 3.75. The summed E-state index contributed by atoms with van der Waals surface area (Å²) in [7, 11) is 0. The Balaban J connectivity index is 1.96. The highest BCUT2D eigenvalue weighted by molar-refractivity contribution is 5.96. The summed E-state index contributed by atoms with van der Waals surface area (Å²) in [6, 6.07) is 8.32. The summed E-state index contributed by atoms with van der Waals surface area (Å²) in [4.78, 5) is 35.4. The molecular formula is C18H19N3O6. The highest BCUT2D eigenvalue weighted by atomic mass is 16.6. The third kappa shape index (κ3) is 3.67. The SMILES string of the molecule is NC(=O)C1(OC(=O)c2onc(-c3ccccc3)c2[N+](=O)[O-])CCCCCC1. The molecule has 27 heavy (non-hydrogen) atoms. The second-order valence-electron chi connectivity index (χ2n) is 6.49. The quantitative estimate of drug-likeness (QED) is 0.368. The third-order valence-corrected chi connectivity index (χ3v) is 4.73. The van der Waals surface area contributed by atoms with Gasteiger partial charge in [0.15, 0.2) is 11.3 Å². The second kappa shape index (κ2) is 7.56. The Kier molecular flexibility index (Phi) is 5.20. The van der Waals surface area contributed by atoms with Gasteiger partial charge in [-0.1, -0.05) is 48.3 Å². The fourth-order valence-corrected chi connectivity index (χ4v) is 3.30. The van der Waals surface area contributed by atoms with Gasteiger partial charge in [-0.2, -0.15) is 0 Å². The van der Waals surface area contributed by atoms with Crippen LogP contribution in [0.15, 0.2) is 34.9 Å². The Hall–Kier alpha value is -3.23. The first-order valence-electron chi connectivity index (χ1n) is 8.67. The van der Waals surface area contributed by atoms with Crippen molar-refractivity contribution in [1.82, 2.24) is 5.16 Å². The largest absolute Gasteiger partial charge is 0.443 e. The molecule has 2 N–H and O–H groups in total. The zero-order valence-corrected chi connectivity index (χ0v) is 14.6. The van der Waals surface area contributed by atoms with Gasteiger partial charge in [-0.25, -0.2) is 4.79 Å². The number of aromatic nitrogens is 1. The summed E-state index contributed by atoms with van der Waals surface area (Å²) in [6.07, 6.45) is 3.69. The van der Waals surface area contributed by atoms with Gasteiger partial charge in [0.1, 0.15) is 0 Å². The molecule has 0 saturated heterocycles. The Bertz CT molecular complexity index is 853. The number of nitro groups is 1. The number of ether oxygens (including phenoxy) is 1. The van der Waals surface area contributed by atoms with E-state index in [2.05, 4.69) is 5.16 Å². The van der Waals surface area contributed by atoms with Crippen LogP contribution in [0, 0.1) is 10.1 Å². The lowest BCUT2D eigenvalue weighted by molar-refractivity contribution is -0.384. The minimum atomic E-state index is -1.48. The van der Waals surface area contributed by atoms with Gasteiger partial charge in [0.05, 0.1) is 4.92 Å². The minimum absolute atomic E-state index is 0.0819. The lowest BCUT2D eigenvalue weighted by Gasteiger charge is -2.28. The number of benzene rings is 1. The van der Waals surface area contributed by atoms with Gasteiger partial charge in [0.2, 0.25) is 0 Å². The predicted molar refractivity (Wildman–Crippen MR) is 93.6 cm³/mol. The zero-order valence-electron chi connectivity index (χ0n) is 14.6. The molecule has 1 aromatic heterocycles. The van der Waals surface area contributed by atoms with E-state index in [-0.39, 0.29) is 18.5 Å². The molecule has 1 aliphatic rings. The molecule has 1 heterocycles. The molecule has 1 aliphatic carbocycles. The van der Waals surface area contributed by atoms with Crippen molar-refractivity contribution in [2.24, 2.45) is 5.73 Å². The number of nitrogens with two attached hydrogens (primary N) is 1. The van der Waals surface area contributed by atoms with Crippen molar-refractivity contribution in [2.75, 3.05) is 0 Å². The fourth-order valence-electron chi connectivity index (χ4n) is 3.30. The minimum Gasteiger partial charge on any atom is -0.443 e. The smallest absolute Gasteiger partial charge is 0.385 e. The van der Waals surface area contributed by atoms with Gasteiger partial charge in [-0.15, -0.1) is 0 Å². The van der Waals surface area contributed by atoms with Crippen LogP contribution >= 0.6 is 0 Å². The van der Waals surface area contributed by atoms with E-state index in [1.807, 2.05) is 0 Å². The van der Waals surface area contributed by atoms with Crippen LogP contribution in [0.5, 0.6) is 0 Å². The molecule has 0 aliphatic heterocycles. The maximum atomic E-state index is 12.6. The molecule has 9 nitrogen and oxygen atoms in total. The van der Waals surface area contributed by atoms with Crippen LogP contribution in [-0.4, -0.2) is 27.6 Å². The molecule has 0 spiro atoms. The monoisotopic (exact) mass is 373 g/mol. The fraction of sp³-hybridized carbons (Fsp3) is 0.389. The third-order valence-electron chi connectivity index (χ3n) is 4.73. The lowest BCUT2D eigenvalue weighted by atomic mass is 9.93. The summed E-state index contributed by atoms with van der Waals surface area (Å²) in [5.74, 6) is -2.52. The number of hydrogen-bond donors (Lipinski definition) is 1. The molecule has 0 atom stereocenters. The van der Waals surface area contributed by atoms with E-state index in [0.717, 1.165) is 12.8 Å². The average molecular weight is 373 g/mol. The summed E-state index contributed by atoms with van der Waals surface area (Å²) in [5, 5.41) is 15.2. The van der Waals surface area contributed by atoms with Gasteiger partial charge in [-0.3, -0.25) is 14.9 Å². The molecule has 1 fully saturated rings. The molecule has 0 unspecified atom stereocenters. The Morgan fingerprint density at radius 3 is 2.33 bits per heavy atom. The summed E-state index contributed by atoms with van der Waals surface area (Å²) in [6.45, 7) is 0. The predicted octanol–water partition coefficient (Wildman–Crippen LogP) is 2.98. The first kappa shape index (κ1) is 18.6. The summed E-state index contributed by atoms with van der Waals surface area (Å²) < 4.78 is 10.3. The first-order valence-corrected chi connectivity index (χ1v) is 8.67. The van der Waals surface area contributed by atoms with Crippen molar-refractivity contribution < 1.29 is 23.8 Å². The standard InChI is InChI=1S/C18H19N3O6/c19-17(23)18(10-6-1-2-7-11-18)26-16(22)15-14(21(24)25)13(20-27-15)12-8-4-3-5-9-12/h3-5,8-9H,1-2,6-7,10-11H2,(H2,19,23). The summed E-state index contributed by atoms with van der Waals surface area (Å²) >= 11 is 0. The molecule has 1 saturated carbocycles. The molecular weight excluding hydrogens is 354 g/mol. The number of nitrogens with zero attached hydrogens (tertiary/aromatic N) is 2. The maximum Gasteiger partial charge on any atom is 0.385 e. The zero-order chi connectivity index (χ0) is 19.4. The molecule has 142 valence electrons. The van der Waals surface area contributed by atoms with Gasteiger partial charge in [-0.05, 0) is 25.7 Å². The van der Waals surface area contributed by atoms with Crippen LogP contribution in [0.3, 0.4) is 0 Å². The van der Waals surface area contributed by atoms with Crippen LogP contribution in [-0.2, 0) is 9.53 Å². The van der Waals surface area contributed by atoms with E-state index in [1.54, 1.807) is 30.3 Å². The number of amides is 1. The first-order chi connectivity index (χ1) is 12.9. The second-order valence-corrected chi connectivity index (χ2v) is 6.49. The van der Waals surface area contributed by atoms with E-state index in [0.29, 0.717) is 18.4 Å². The number of carbonyl (C=O) groups is 2. The van der Waals surface area contributed by atoms with Gasteiger partial charge in [0, 0.05) is 5.56 Å². The lowest BCUT2D eigenvalue weighted by Crippen LogP contribution is -2.47. The van der Waals surface area contributed by atoms with E-state index < -0.39 is 33.8 Å². The topological polar surface area (TPSA) is 139 Å². The van der Waals surface area contributed by atoms with Crippen LogP contribution in [0.4, 0.5) is 5.69 Å². The highest BCUT2D eigenvalue weighted by Gasteiger charge is 2.44. The van der Waals surface area contributed by atoms with E-state index in [1.165, 1.54) is 0 Å². The maximum absolute atomic E-state index is 12.6. The van der Waals surface area contributed by atoms with E-state index >= 15 is 0 Å². The van der Waals surface area contributed by atoms with Crippen molar-refractivity contribution in [2.45, 2.75) is 44.1 Å². The number of hydrogen-bond acceptors (Lipinski definition) is 7. The van der Waals surface area contributed by atoms with Crippen molar-refractivity contribution in [1.29, 1.82) is 0 Å². The molecule has 0 radical (unpaired) electrons. The number of rotatable bonds is 5. The van der Waals surface area contributed by atoms with Crippen molar-refractivity contribution in [3.8, 4) is 11.3 Å². The molecule has 0 bridgehead atoms. The van der Waals surface area contributed by atoms with Crippen molar-refractivity contribution in [3.63, 3.8) is 0 Å². The molecule has 1 amide bonds. The Morgan fingerprint density at radius 1 is 1.15 bits per heavy atom. The molecule has 3 rings (SSSR count). The molecule has 2 aromatic rings. The Morgan fingerprint density at radius 2 is 1.78 bits per heavy atom. The van der Waals surface area contributed by atoms with Gasteiger partial charge in [0.25, 0.3) is 5.91 Å². The average Bonchev–Trinajstić information content (AvgIpc) is 2.97. The van der Waals surface area contributed by atoms with Crippen LogP contribution < -0.4 is 5.73 Å². The molecule has 9 heteroatoms. The van der Waals surface area contributed by atoms with E-state index in [4.69, 9.17) is 15.0 Å². The highest BCUT2D eigenvalue weighted by Crippen LogP contribution is 2.36.